The molecule has 0 aliphatic carbocycles. The number of aromatic nitrogens is 3. The molecule has 2 amide bonds. The number of carbonyl (C=O) groups excluding carboxylic acids is 2. The number of halogens is 6. The Morgan fingerprint density at radius 2 is 1.95 bits per heavy atom. The molecule has 0 saturated carbocycles. The van der Waals surface area contributed by atoms with Crippen LogP contribution in [0.25, 0.3) is 10.9 Å². The maximum atomic E-state index is 14.2. The van der Waals surface area contributed by atoms with Crippen LogP contribution in [0, 0.1) is 5.82 Å². The molecule has 13 heteroatoms. The predicted molar refractivity (Wildman–Crippen MR) is 133 cm³/mol. The van der Waals surface area contributed by atoms with Crippen molar-refractivity contribution in [3.63, 3.8) is 0 Å². The normalized spacial score (nSPS) is 14.8. The third-order valence-electron chi connectivity index (χ3n) is 5.94. The highest BCUT2D eigenvalue weighted by Gasteiger charge is 2.38. The molecule has 1 aliphatic heterocycles. The summed E-state index contributed by atoms with van der Waals surface area (Å²) in [5.74, 6) is -1.91. The molecule has 2 aromatic carbocycles. The second-order valence-electron chi connectivity index (χ2n) is 8.29. The number of hydrogen-bond acceptors (Lipinski definition) is 4. The number of hydrogen-bond donors (Lipinski definition) is 2. The standard InChI is InChI=1S/C24H15Cl3F3N5O2/c1-35-16(8-18(29)30)12-7-14(32-23(36)15-4-9(25)5-17(27)31-15)19-20(22(12)34-35)24(37)33-21(19)11-6-10(28)2-3-13(11)26/h2-7,18,21H,8H2,1H3,(H,32,36)(H,33,37). The topological polar surface area (TPSA) is 88.9 Å². The zero-order valence-corrected chi connectivity index (χ0v) is 21.0. The summed E-state index contributed by atoms with van der Waals surface area (Å²) in [5, 5.41) is 10.3. The van der Waals surface area contributed by atoms with E-state index < -0.39 is 36.5 Å². The van der Waals surface area contributed by atoms with Gasteiger partial charge in [-0.25, -0.2) is 18.2 Å². The first-order valence-electron chi connectivity index (χ1n) is 10.7. The van der Waals surface area contributed by atoms with Crippen LogP contribution in [0.1, 0.15) is 43.7 Å². The molecular weight excluding hydrogens is 554 g/mol. The Balaban J connectivity index is 1.75. The third-order valence-corrected chi connectivity index (χ3v) is 6.70. The van der Waals surface area contributed by atoms with E-state index in [4.69, 9.17) is 34.8 Å². The van der Waals surface area contributed by atoms with E-state index in [1.54, 1.807) is 0 Å². The molecule has 0 radical (unpaired) electrons. The van der Waals surface area contributed by atoms with Crippen molar-refractivity contribution in [2.75, 3.05) is 5.32 Å². The number of benzene rings is 2. The lowest BCUT2D eigenvalue weighted by molar-refractivity contribution is 0.0960. The lowest BCUT2D eigenvalue weighted by atomic mass is 9.94. The van der Waals surface area contributed by atoms with Crippen molar-refractivity contribution < 1.29 is 22.8 Å². The number of carbonyl (C=O) groups is 2. The average Bonchev–Trinajstić information content (AvgIpc) is 3.31. The van der Waals surface area contributed by atoms with Crippen LogP contribution >= 0.6 is 34.8 Å². The van der Waals surface area contributed by atoms with Gasteiger partial charge in [0.2, 0.25) is 6.43 Å². The number of fused-ring (bicyclic) bond motifs is 3. The molecule has 1 unspecified atom stereocenters. The van der Waals surface area contributed by atoms with Crippen molar-refractivity contribution in [1.82, 2.24) is 20.1 Å². The van der Waals surface area contributed by atoms with Crippen LogP contribution in [0.2, 0.25) is 15.2 Å². The minimum atomic E-state index is -2.68. The molecule has 4 aromatic rings. The van der Waals surface area contributed by atoms with Gasteiger partial charge in [0.1, 0.15) is 22.2 Å². The Morgan fingerprint density at radius 1 is 1.19 bits per heavy atom. The highest BCUT2D eigenvalue weighted by atomic mass is 35.5. The van der Waals surface area contributed by atoms with Crippen LogP contribution in [-0.2, 0) is 13.5 Å². The first-order chi connectivity index (χ1) is 17.5. The summed E-state index contributed by atoms with van der Waals surface area (Å²) >= 11 is 18.3. The van der Waals surface area contributed by atoms with Gasteiger partial charge in [-0.2, -0.15) is 5.10 Å². The van der Waals surface area contributed by atoms with Crippen LogP contribution in [0.4, 0.5) is 18.9 Å². The molecular formula is C24H15Cl3F3N5O2. The summed E-state index contributed by atoms with van der Waals surface area (Å²) in [6.07, 6.45) is -3.32. The van der Waals surface area contributed by atoms with Crippen molar-refractivity contribution in [3.8, 4) is 0 Å². The smallest absolute Gasteiger partial charge is 0.274 e. The molecule has 0 saturated heterocycles. The maximum Gasteiger partial charge on any atom is 0.274 e. The third kappa shape index (κ3) is 4.60. The largest absolute Gasteiger partial charge is 0.341 e. The summed E-state index contributed by atoms with van der Waals surface area (Å²) in [5.41, 5.74) is 0.811. The van der Waals surface area contributed by atoms with E-state index >= 15 is 0 Å². The number of amides is 2. The van der Waals surface area contributed by atoms with Crippen molar-refractivity contribution in [2.24, 2.45) is 7.05 Å². The second kappa shape index (κ2) is 9.51. The summed E-state index contributed by atoms with van der Waals surface area (Å²) in [6.45, 7) is 0. The molecule has 5 rings (SSSR count). The van der Waals surface area contributed by atoms with E-state index in [9.17, 15) is 22.8 Å². The van der Waals surface area contributed by atoms with Crippen LogP contribution in [0.5, 0.6) is 0 Å². The minimum absolute atomic E-state index is 0.0222. The first-order valence-corrected chi connectivity index (χ1v) is 11.9. The van der Waals surface area contributed by atoms with E-state index in [1.165, 1.54) is 42.1 Å². The Hall–Kier alpha value is -3.34. The van der Waals surface area contributed by atoms with Crippen molar-refractivity contribution in [2.45, 2.75) is 18.9 Å². The minimum Gasteiger partial charge on any atom is -0.341 e. The highest BCUT2D eigenvalue weighted by molar-refractivity contribution is 6.34. The van der Waals surface area contributed by atoms with Gasteiger partial charge in [-0.1, -0.05) is 34.8 Å². The zero-order chi connectivity index (χ0) is 26.6. The molecule has 190 valence electrons. The number of aryl methyl sites for hydroxylation is 1. The molecule has 7 nitrogen and oxygen atoms in total. The van der Waals surface area contributed by atoms with E-state index in [2.05, 4.69) is 20.7 Å². The zero-order valence-electron chi connectivity index (χ0n) is 18.8. The lowest BCUT2D eigenvalue weighted by Crippen LogP contribution is -2.21. The number of alkyl halides is 2. The Labute approximate surface area is 222 Å². The Morgan fingerprint density at radius 3 is 2.65 bits per heavy atom. The number of rotatable bonds is 5. The van der Waals surface area contributed by atoms with Gasteiger partial charge < -0.3 is 10.6 Å². The van der Waals surface area contributed by atoms with Crippen molar-refractivity contribution in [3.05, 3.63) is 85.5 Å². The van der Waals surface area contributed by atoms with Crippen molar-refractivity contribution in [1.29, 1.82) is 0 Å². The lowest BCUT2D eigenvalue weighted by Gasteiger charge is -2.18. The number of nitrogens with zero attached hydrogens (tertiary/aromatic N) is 3. The predicted octanol–water partition coefficient (Wildman–Crippen LogP) is 5.96. The summed E-state index contributed by atoms with van der Waals surface area (Å²) in [4.78, 5) is 30.3. The van der Waals surface area contributed by atoms with Gasteiger partial charge in [-0.3, -0.25) is 14.3 Å². The van der Waals surface area contributed by atoms with Crippen LogP contribution in [0.15, 0.2) is 36.4 Å². The highest BCUT2D eigenvalue weighted by Crippen LogP contribution is 2.43. The molecule has 2 aromatic heterocycles. The number of nitrogens with one attached hydrogen (secondary N) is 2. The first kappa shape index (κ1) is 25.3. The fourth-order valence-corrected chi connectivity index (χ4v) is 5.13. The molecule has 0 spiro atoms. The van der Waals surface area contributed by atoms with Gasteiger partial charge in [-0.15, -0.1) is 0 Å². The van der Waals surface area contributed by atoms with Crippen molar-refractivity contribution >= 4 is 63.2 Å². The Bertz CT molecular complexity index is 1590. The van der Waals surface area contributed by atoms with Crippen LogP contribution in [0.3, 0.4) is 0 Å². The summed E-state index contributed by atoms with van der Waals surface area (Å²) in [6, 6.07) is 6.78. The number of pyridine rings is 1. The van der Waals surface area contributed by atoms with Crippen LogP contribution < -0.4 is 10.6 Å². The van der Waals surface area contributed by atoms with Crippen LogP contribution in [-0.4, -0.2) is 33.0 Å². The molecule has 1 atom stereocenters. The number of anilines is 1. The van der Waals surface area contributed by atoms with Gasteiger partial charge in [-0.05, 0) is 36.4 Å². The van der Waals surface area contributed by atoms with Gasteiger partial charge >= 0.3 is 0 Å². The average molecular weight is 569 g/mol. The maximum absolute atomic E-state index is 14.2. The van der Waals surface area contributed by atoms with E-state index in [1.807, 2.05) is 0 Å². The molecule has 0 fully saturated rings. The summed E-state index contributed by atoms with van der Waals surface area (Å²) < 4.78 is 42.1. The van der Waals surface area contributed by atoms with E-state index in [-0.39, 0.29) is 59.9 Å². The summed E-state index contributed by atoms with van der Waals surface area (Å²) in [7, 11) is 1.48. The van der Waals surface area contributed by atoms with Gasteiger partial charge in [0.05, 0.1) is 23.7 Å². The Kier molecular flexibility index (Phi) is 6.51. The molecule has 3 heterocycles. The van der Waals surface area contributed by atoms with Gasteiger partial charge in [0.15, 0.2) is 0 Å². The van der Waals surface area contributed by atoms with E-state index in [0.717, 1.165) is 6.07 Å². The molecule has 1 aliphatic rings. The monoisotopic (exact) mass is 567 g/mol. The molecule has 2 N–H and O–H groups in total. The van der Waals surface area contributed by atoms with E-state index in [0.29, 0.717) is 0 Å². The molecule has 0 bridgehead atoms. The fraction of sp³-hybridized carbons (Fsp3) is 0.167. The van der Waals surface area contributed by atoms with Gasteiger partial charge in [0.25, 0.3) is 11.8 Å². The second-order valence-corrected chi connectivity index (χ2v) is 9.53. The van der Waals surface area contributed by atoms with Gasteiger partial charge in [0, 0.05) is 39.3 Å². The molecule has 37 heavy (non-hydrogen) atoms. The SMILES string of the molecule is Cn1nc2c3c(c(NC(=O)c4cc(Cl)cc(Cl)n4)cc2c1CC(F)F)C(c1cc(F)ccc1Cl)NC3=O. The fourth-order valence-electron chi connectivity index (χ4n) is 4.43. The quantitative estimate of drug-likeness (QED) is 0.291.